The Kier molecular flexibility index (Phi) is 6.40. The molecule has 1 saturated carbocycles. The van der Waals surface area contributed by atoms with E-state index in [2.05, 4.69) is 22.0 Å². The zero-order valence-electron chi connectivity index (χ0n) is 20.3. The van der Waals surface area contributed by atoms with E-state index in [1.807, 2.05) is 35.2 Å². The molecular weight excluding hydrogens is 494 g/mol. The van der Waals surface area contributed by atoms with Crippen LogP contribution in [0.1, 0.15) is 55.0 Å². The Morgan fingerprint density at radius 1 is 1.08 bits per heavy atom. The average Bonchev–Trinajstić information content (AvgIpc) is 3.38. The lowest BCUT2D eigenvalue weighted by molar-refractivity contribution is -0.130. The van der Waals surface area contributed by atoms with Crippen LogP contribution >= 0.6 is 23.8 Å². The third kappa shape index (κ3) is 3.98. The van der Waals surface area contributed by atoms with E-state index in [0.717, 1.165) is 59.2 Å². The average molecular weight is 524 g/mol. The molecule has 3 aromatic rings. The van der Waals surface area contributed by atoms with Crippen LogP contribution < -0.4 is 4.74 Å². The smallest absolute Gasteiger partial charge is 0.252 e. The maximum Gasteiger partial charge on any atom is 0.252 e. The van der Waals surface area contributed by atoms with Crippen LogP contribution in [0.15, 0.2) is 42.5 Å². The molecule has 6 nitrogen and oxygen atoms in total. The lowest BCUT2D eigenvalue weighted by atomic mass is 9.88. The van der Waals surface area contributed by atoms with Crippen molar-refractivity contribution in [3.05, 3.63) is 64.3 Å². The minimum Gasteiger partial charge on any atom is -0.491 e. The van der Waals surface area contributed by atoms with Crippen molar-refractivity contribution in [3.63, 3.8) is 0 Å². The number of thiocarbonyl (C=S) groups is 1. The number of methoxy groups -OCH3 is 1. The van der Waals surface area contributed by atoms with Crippen molar-refractivity contribution in [1.29, 1.82) is 0 Å². The van der Waals surface area contributed by atoms with Gasteiger partial charge in [0.25, 0.3) is 5.91 Å². The summed E-state index contributed by atoms with van der Waals surface area (Å²) in [6.45, 7) is 1.03. The number of H-pyrrole nitrogens is 1. The van der Waals surface area contributed by atoms with E-state index in [9.17, 15) is 4.79 Å². The molecule has 2 unspecified atom stereocenters. The molecule has 0 spiro atoms. The van der Waals surface area contributed by atoms with E-state index in [4.69, 9.17) is 33.3 Å². The van der Waals surface area contributed by atoms with Crippen molar-refractivity contribution in [2.75, 3.05) is 20.3 Å². The Morgan fingerprint density at radius 3 is 2.61 bits per heavy atom. The monoisotopic (exact) mass is 523 g/mol. The van der Waals surface area contributed by atoms with E-state index >= 15 is 0 Å². The number of carbonyl (C=O) groups is 1. The second-order valence-corrected chi connectivity index (χ2v) is 10.7. The van der Waals surface area contributed by atoms with Gasteiger partial charge in [0.15, 0.2) is 5.11 Å². The number of amides is 1. The first kappa shape index (κ1) is 23.8. The molecule has 0 bridgehead atoms. The Bertz CT molecular complexity index is 1300. The molecule has 36 heavy (non-hydrogen) atoms. The summed E-state index contributed by atoms with van der Waals surface area (Å²) in [5, 5.41) is 2.43. The summed E-state index contributed by atoms with van der Waals surface area (Å²) < 4.78 is 10.9. The maximum atomic E-state index is 13.9. The quantitative estimate of drug-likeness (QED) is 0.335. The Balaban J connectivity index is 1.43. The molecule has 1 N–H and O–H groups in total. The van der Waals surface area contributed by atoms with Crippen LogP contribution in [0.2, 0.25) is 5.02 Å². The van der Waals surface area contributed by atoms with E-state index < -0.39 is 0 Å². The second kappa shape index (κ2) is 9.69. The zero-order valence-corrected chi connectivity index (χ0v) is 21.9. The molecule has 2 aromatic carbocycles. The van der Waals surface area contributed by atoms with Crippen LogP contribution in [0.5, 0.6) is 5.75 Å². The molecule has 1 aromatic heterocycles. The van der Waals surface area contributed by atoms with Crippen LogP contribution in [0, 0.1) is 0 Å². The summed E-state index contributed by atoms with van der Waals surface area (Å²) in [6.07, 6.45) is 6.20. The van der Waals surface area contributed by atoms with Gasteiger partial charge in [-0.3, -0.25) is 9.69 Å². The fraction of sp³-hybridized carbons (Fsp3) is 0.429. The van der Waals surface area contributed by atoms with Crippen LogP contribution in [-0.4, -0.2) is 58.2 Å². The minimum atomic E-state index is -0.312. The van der Waals surface area contributed by atoms with Gasteiger partial charge in [-0.1, -0.05) is 43.0 Å². The van der Waals surface area contributed by atoms with E-state index in [-0.39, 0.29) is 24.0 Å². The molecule has 3 heterocycles. The number of fused-ring (bicyclic) bond motifs is 4. The molecule has 1 amide bonds. The van der Waals surface area contributed by atoms with Gasteiger partial charge in [0.2, 0.25) is 0 Å². The van der Waals surface area contributed by atoms with Gasteiger partial charge < -0.3 is 19.4 Å². The number of ether oxygens (including phenoxy) is 2. The highest BCUT2D eigenvalue weighted by Gasteiger charge is 2.52. The molecule has 2 aliphatic heterocycles. The number of hydrogen-bond donors (Lipinski definition) is 1. The van der Waals surface area contributed by atoms with Crippen LogP contribution in [0.25, 0.3) is 10.9 Å². The summed E-state index contributed by atoms with van der Waals surface area (Å²) in [6, 6.07) is 13.7. The Labute approximate surface area is 221 Å². The Hall–Kier alpha value is -2.61. The molecule has 188 valence electrons. The number of rotatable bonds is 6. The molecule has 2 atom stereocenters. The second-order valence-electron chi connectivity index (χ2n) is 9.93. The molecule has 1 aliphatic carbocycles. The SMILES string of the molecule is COCCOc1ccc(C2c3[nH]c4ccc(Cl)cc4c3CC3C(=O)N(C4CCCCC4)C(=S)N32)cc1. The number of aromatic amines is 1. The predicted octanol–water partition coefficient (Wildman–Crippen LogP) is 5.62. The van der Waals surface area contributed by atoms with Gasteiger partial charge in [0, 0.05) is 41.2 Å². The fourth-order valence-electron chi connectivity index (χ4n) is 6.13. The van der Waals surface area contributed by atoms with Crippen molar-refractivity contribution < 1.29 is 14.3 Å². The number of aromatic nitrogens is 1. The largest absolute Gasteiger partial charge is 0.491 e. The normalized spacial score (nSPS) is 22.3. The summed E-state index contributed by atoms with van der Waals surface area (Å²) in [5.41, 5.74) is 4.33. The zero-order chi connectivity index (χ0) is 24.8. The molecule has 0 radical (unpaired) electrons. The fourth-order valence-corrected chi connectivity index (χ4v) is 6.77. The molecular formula is C28H30ClN3O3S. The predicted molar refractivity (Wildman–Crippen MR) is 145 cm³/mol. The molecule has 8 heteroatoms. The van der Waals surface area contributed by atoms with E-state index in [1.54, 1.807) is 7.11 Å². The number of halogens is 1. The van der Waals surface area contributed by atoms with E-state index in [0.29, 0.717) is 29.8 Å². The highest BCUT2D eigenvalue weighted by atomic mass is 35.5. The van der Waals surface area contributed by atoms with Gasteiger partial charge in [-0.25, -0.2) is 0 Å². The van der Waals surface area contributed by atoms with Crippen LogP contribution in [0.3, 0.4) is 0 Å². The number of nitrogens with one attached hydrogen (secondary N) is 1. The summed E-state index contributed by atoms with van der Waals surface area (Å²) >= 11 is 12.4. The topological polar surface area (TPSA) is 57.8 Å². The third-order valence-electron chi connectivity index (χ3n) is 7.83. The van der Waals surface area contributed by atoms with E-state index in [1.165, 1.54) is 6.42 Å². The highest BCUT2D eigenvalue weighted by Crippen LogP contribution is 2.45. The lowest BCUT2D eigenvalue weighted by Crippen LogP contribution is -2.44. The summed E-state index contributed by atoms with van der Waals surface area (Å²) in [5.74, 6) is 0.925. The van der Waals surface area contributed by atoms with Gasteiger partial charge in [-0.15, -0.1) is 0 Å². The molecule has 3 aliphatic rings. The van der Waals surface area contributed by atoms with Gasteiger partial charge in [-0.05, 0) is 66.5 Å². The van der Waals surface area contributed by atoms with Crippen molar-refractivity contribution in [2.45, 2.75) is 56.7 Å². The summed E-state index contributed by atoms with van der Waals surface area (Å²) in [7, 11) is 1.66. The van der Waals surface area contributed by atoms with Gasteiger partial charge in [-0.2, -0.15) is 0 Å². The maximum absolute atomic E-state index is 13.9. The van der Waals surface area contributed by atoms with Crippen molar-refractivity contribution in [3.8, 4) is 5.75 Å². The van der Waals surface area contributed by atoms with Gasteiger partial charge >= 0.3 is 0 Å². The van der Waals surface area contributed by atoms with Crippen LogP contribution in [0.4, 0.5) is 0 Å². The number of carbonyl (C=O) groups excluding carboxylic acids is 1. The molecule has 1 saturated heterocycles. The molecule has 2 fully saturated rings. The lowest BCUT2D eigenvalue weighted by Gasteiger charge is -2.38. The first-order chi connectivity index (χ1) is 17.6. The first-order valence-corrected chi connectivity index (χ1v) is 13.5. The third-order valence-corrected chi connectivity index (χ3v) is 8.47. The van der Waals surface area contributed by atoms with Crippen molar-refractivity contribution in [2.24, 2.45) is 0 Å². The van der Waals surface area contributed by atoms with Crippen molar-refractivity contribution >= 4 is 45.7 Å². The number of nitrogens with zero attached hydrogens (tertiary/aromatic N) is 2. The van der Waals surface area contributed by atoms with Gasteiger partial charge in [0.05, 0.1) is 12.6 Å². The molecule has 6 rings (SSSR count). The summed E-state index contributed by atoms with van der Waals surface area (Å²) in [4.78, 5) is 21.7. The number of benzene rings is 2. The minimum absolute atomic E-state index is 0.137. The van der Waals surface area contributed by atoms with Crippen LogP contribution in [-0.2, 0) is 16.0 Å². The standard InChI is InChI=1S/C28H30ClN3O3S/c1-34-13-14-35-20-10-7-17(8-11-20)26-25-22(21-15-18(29)9-12-23(21)30-25)16-24-27(33)31(28(36)32(24)26)19-5-3-2-4-6-19/h7-12,15,19,24,26,30H,2-6,13-14,16H2,1H3. The van der Waals surface area contributed by atoms with Crippen molar-refractivity contribution in [1.82, 2.24) is 14.8 Å². The first-order valence-electron chi connectivity index (χ1n) is 12.7. The Morgan fingerprint density at radius 2 is 1.86 bits per heavy atom. The van der Waals surface area contributed by atoms with Gasteiger partial charge in [0.1, 0.15) is 18.4 Å². The highest BCUT2D eigenvalue weighted by molar-refractivity contribution is 7.80. The number of hydrogen-bond acceptors (Lipinski definition) is 4.